The van der Waals surface area contributed by atoms with Gasteiger partial charge in [0, 0.05) is 6.42 Å². The smallest absolute Gasteiger partial charge is 0.308 e. The Balaban J connectivity index is 2.44. The lowest BCUT2D eigenvalue weighted by Crippen LogP contribution is -2.44. The van der Waals surface area contributed by atoms with E-state index in [-0.39, 0.29) is 19.0 Å². The van der Waals surface area contributed by atoms with Crippen molar-refractivity contribution in [2.45, 2.75) is 51.1 Å². The van der Waals surface area contributed by atoms with Gasteiger partial charge in [-0.25, -0.2) is 0 Å². The van der Waals surface area contributed by atoms with Crippen LogP contribution in [0.25, 0.3) is 0 Å². The zero-order valence-corrected chi connectivity index (χ0v) is 14.3. The topological polar surface area (TPSA) is 52.6 Å². The molecular weight excluding hydrogens is 299 g/mol. The number of Topliss-reactive ketones (excluding diaryl/α,β-unsaturated/α-hetero) is 1. The lowest BCUT2D eigenvalue weighted by atomic mass is 9.82. The van der Waals surface area contributed by atoms with E-state index in [2.05, 4.69) is 0 Å². The Labute approximate surface area is 132 Å². The van der Waals surface area contributed by atoms with Gasteiger partial charge in [0.1, 0.15) is 5.16 Å². The van der Waals surface area contributed by atoms with Gasteiger partial charge in [0.25, 0.3) is 0 Å². The molecule has 5 heteroatoms. The van der Waals surface area contributed by atoms with Crippen molar-refractivity contribution in [1.82, 2.24) is 0 Å². The van der Waals surface area contributed by atoms with Crippen molar-refractivity contribution in [3.8, 4) is 0 Å². The van der Waals surface area contributed by atoms with Crippen LogP contribution in [0.15, 0.2) is 30.3 Å². The van der Waals surface area contributed by atoms with E-state index in [0.717, 1.165) is 18.4 Å². The van der Waals surface area contributed by atoms with E-state index in [1.165, 1.54) is 0 Å². The minimum Gasteiger partial charge on any atom is -0.308 e. The van der Waals surface area contributed by atoms with Crippen LogP contribution in [0.1, 0.15) is 45.1 Å². The molecule has 1 aliphatic rings. The number of carbonyl (C=O) groups excluding carboxylic acids is 1. The summed E-state index contributed by atoms with van der Waals surface area (Å²) in [6.45, 7) is 4.13. The Morgan fingerprint density at radius 3 is 2.27 bits per heavy atom. The Kier molecular flexibility index (Phi) is 5.96. The molecule has 1 aromatic carbocycles. The highest BCUT2D eigenvalue weighted by molar-refractivity contribution is 7.56. The minimum absolute atomic E-state index is 0.0211. The molecule has 1 aromatic rings. The van der Waals surface area contributed by atoms with Crippen molar-refractivity contribution in [3.63, 3.8) is 0 Å². The van der Waals surface area contributed by atoms with Crippen LogP contribution in [-0.4, -0.2) is 24.2 Å². The van der Waals surface area contributed by atoms with Gasteiger partial charge in [-0.1, -0.05) is 36.8 Å². The zero-order valence-electron chi connectivity index (χ0n) is 13.4. The van der Waals surface area contributed by atoms with Crippen LogP contribution in [0.5, 0.6) is 0 Å². The second kappa shape index (κ2) is 7.54. The lowest BCUT2D eigenvalue weighted by molar-refractivity contribution is -0.123. The fourth-order valence-corrected chi connectivity index (χ4v) is 5.68. The second-order valence-corrected chi connectivity index (χ2v) is 8.02. The summed E-state index contributed by atoms with van der Waals surface area (Å²) in [5.41, 5.74) is 0.998. The fourth-order valence-electron chi connectivity index (χ4n) is 3.21. The molecule has 122 valence electrons. The predicted molar refractivity (Wildman–Crippen MR) is 87.2 cm³/mol. The quantitative estimate of drug-likeness (QED) is 0.699. The molecule has 0 bridgehead atoms. The third-order valence-corrected chi connectivity index (χ3v) is 7.10. The van der Waals surface area contributed by atoms with E-state index < -0.39 is 12.8 Å². The van der Waals surface area contributed by atoms with Crippen LogP contribution in [0.2, 0.25) is 0 Å². The van der Waals surface area contributed by atoms with Crippen LogP contribution < -0.4 is 0 Å². The Morgan fingerprint density at radius 1 is 1.09 bits per heavy atom. The third kappa shape index (κ3) is 3.34. The molecule has 0 radical (unpaired) electrons. The maximum atomic E-state index is 13.4. The molecule has 1 unspecified atom stereocenters. The highest BCUT2D eigenvalue weighted by atomic mass is 31.2. The highest BCUT2D eigenvalue weighted by Gasteiger charge is 2.56. The Bertz CT molecular complexity index is 533. The van der Waals surface area contributed by atoms with Crippen molar-refractivity contribution >= 4 is 13.4 Å². The molecule has 0 aliphatic heterocycles. The third-order valence-electron chi connectivity index (χ3n) is 4.22. The molecule has 0 aromatic heterocycles. The van der Waals surface area contributed by atoms with Gasteiger partial charge in [0.05, 0.1) is 13.2 Å². The molecule has 22 heavy (non-hydrogen) atoms. The number of ketones is 1. The molecule has 0 heterocycles. The van der Waals surface area contributed by atoms with Crippen molar-refractivity contribution in [2.75, 3.05) is 13.2 Å². The van der Waals surface area contributed by atoms with Crippen LogP contribution >= 0.6 is 7.60 Å². The summed E-state index contributed by atoms with van der Waals surface area (Å²) in [5.74, 6) is 0.0211. The summed E-state index contributed by atoms with van der Waals surface area (Å²) in [6, 6.07) is 9.73. The highest BCUT2D eigenvalue weighted by Crippen LogP contribution is 2.64. The summed E-state index contributed by atoms with van der Waals surface area (Å²) in [7, 11) is -3.50. The minimum atomic E-state index is -3.50. The Morgan fingerprint density at radius 2 is 1.73 bits per heavy atom. The average molecular weight is 324 g/mol. The number of rotatable bonds is 7. The van der Waals surface area contributed by atoms with E-state index >= 15 is 0 Å². The molecule has 0 spiro atoms. The number of hydrogen-bond donors (Lipinski definition) is 0. The molecule has 1 fully saturated rings. The molecular formula is C17H25O4P. The predicted octanol–water partition coefficient (Wildman–Crippen LogP) is 4.38. The van der Waals surface area contributed by atoms with E-state index in [4.69, 9.17) is 9.05 Å². The van der Waals surface area contributed by atoms with Crippen LogP contribution in [0.3, 0.4) is 0 Å². The molecule has 0 amide bonds. The summed E-state index contributed by atoms with van der Waals surface area (Å²) >= 11 is 0. The van der Waals surface area contributed by atoms with Crippen LogP contribution in [0, 0.1) is 0 Å². The molecule has 0 saturated heterocycles. The van der Waals surface area contributed by atoms with Crippen molar-refractivity contribution < 1.29 is 18.4 Å². The second-order valence-electron chi connectivity index (χ2n) is 5.66. The summed E-state index contributed by atoms with van der Waals surface area (Å²) in [6.07, 6.45) is 3.18. The molecule has 1 atom stereocenters. The van der Waals surface area contributed by atoms with Gasteiger partial charge in [-0.2, -0.15) is 0 Å². The molecule has 1 saturated carbocycles. The van der Waals surface area contributed by atoms with E-state index in [1.54, 1.807) is 13.8 Å². The summed E-state index contributed by atoms with van der Waals surface area (Å²) in [4.78, 5) is 12.8. The van der Waals surface area contributed by atoms with Crippen LogP contribution in [-0.2, 0) is 24.8 Å². The van der Waals surface area contributed by atoms with Gasteiger partial charge in [0.2, 0.25) is 0 Å². The largest absolute Gasteiger partial charge is 0.344 e. The number of benzene rings is 1. The molecule has 0 N–H and O–H groups in total. The van der Waals surface area contributed by atoms with Gasteiger partial charge >= 0.3 is 7.60 Å². The summed E-state index contributed by atoms with van der Waals surface area (Å²) in [5, 5.41) is -1.03. The molecule has 2 rings (SSSR count). The van der Waals surface area contributed by atoms with Gasteiger partial charge in [-0.3, -0.25) is 9.36 Å². The molecule has 4 nitrogen and oxygen atoms in total. The molecule has 1 aliphatic carbocycles. The number of carbonyl (C=O) groups is 1. The standard InChI is InChI=1S/C17H25O4P/c1-3-20-22(19,21-4-2)17(13-9-8-12-16(17)18)14-15-10-6-5-7-11-15/h5-7,10-11H,3-4,8-9,12-14H2,1-2H3. The van der Waals surface area contributed by atoms with Crippen molar-refractivity contribution in [2.24, 2.45) is 0 Å². The maximum Gasteiger partial charge on any atom is 0.344 e. The van der Waals surface area contributed by atoms with Gasteiger partial charge in [-0.05, 0) is 38.7 Å². The first-order valence-electron chi connectivity index (χ1n) is 8.04. The first kappa shape index (κ1) is 17.4. The van der Waals surface area contributed by atoms with E-state index in [0.29, 0.717) is 19.3 Å². The van der Waals surface area contributed by atoms with E-state index in [1.807, 2.05) is 30.3 Å². The normalized spacial score (nSPS) is 22.7. The van der Waals surface area contributed by atoms with Gasteiger partial charge < -0.3 is 9.05 Å². The average Bonchev–Trinajstić information content (AvgIpc) is 2.51. The van der Waals surface area contributed by atoms with E-state index in [9.17, 15) is 9.36 Å². The zero-order chi connectivity index (χ0) is 16.1. The lowest BCUT2D eigenvalue weighted by Gasteiger charge is -2.40. The summed E-state index contributed by atoms with van der Waals surface area (Å²) < 4.78 is 24.6. The fraction of sp³-hybridized carbons (Fsp3) is 0.588. The van der Waals surface area contributed by atoms with Gasteiger partial charge in [0.15, 0.2) is 5.78 Å². The van der Waals surface area contributed by atoms with Crippen molar-refractivity contribution in [3.05, 3.63) is 35.9 Å². The SMILES string of the molecule is CCOP(=O)(OCC)C1(Cc2ccccc2)CCCCC1=O. The van der Waals surface area contributed by atoms with Gasteiger partial charge in [-0.15, -0.1) is 0 Å². The first-order valence-corrected chi connectivity index (χ1v) is 9.58. The maximum absolute atomic E-state index is 13.4. The first-order chi connectivity index (χ1) is 10.6. The van der Waals surface area contributed by atoms with Crippen LogP contribution in [0.4, 0.5) is 0 Å². The van der Waals surface area contributed by atoms with Crippen molar-refractivity contribution in [1.29, 1.82) is 0 Å². The number of hydrogen-bond acceptors (Lipinski definition) is 4. The Hall–Kier alpha value is -0.960. The monoisotopic (exact) mass is 324 g/mol.